The summed E-state index contributed by atoms with van der Waals surface area (Å²) < 4.78 is 17.8. The van der Waals surface area contributed by atoms with Crippen molar-refractivity contribution in [3.05, 3.63) is 41.2 Å². The Kier molecular flexibility index (Phi) is 4.39. The normalized spacial score (nSPS) is 10.5. The fraction of sp³-hybridized carbons (Fsp3) is 0.167. The molecule has 1 aromatic rings. The van der Waals surface area contributed by atoms with Gasteiger partial charge < -0.3 is 9.84 Å². The summed E-state index contributed by atoms with van der Waals surface area (Å²) in [5.41, 5.74) is 0.302. The highest BCUT2D eigenvalue weighted by Crippen LogP contribution is 2.14. The topological polar surface area (TPSA) is 63.6 Å². The maximum atomic E-state index is 13.0. The number of carbonyl (C=O) groups is 2. The number of hydrogen-bond acceptors (Lipinski definition) is 3. The van der Waals surface area contributed by atoms with Crippen LogP contribution < -0.4 is 0 Å². The molecule has 0 saturated carbocycles. The van der Waals surface area contributed by atoms with Gasteiger partial charge in [-0.1, -0.05) is 0 Å². The summed E-state index contributed by atoms with van der Waals surface area (Å²) in [6.07, 6.45) is 1.98. The Morgan fingerprint density at radius 3 is 2.76 bits per heavy atom. The SMILES string of the molecule is CCOC(=O)c1ccc(F)cc1/C=C/C(=O)O. The molecule has 0 aliphatic heterocycles. The Hall–Kier alpha value is -2.17. The first-order valence-corrected chi connectivity index (χ1v) is 4.92. The molecule has 4 nitrogen and oxygen atoms in total. The third-order valence-electron chi connectivity index (χ3n) is 1.91. The molecule has 1 N–H and O–H groups in total. The van der Waals surface area contributed by atoms with E-state index in [4.69, 9.17) is 9.84 Å². The molecule has 0 unspecified atom stereocenters. The van der Waals surface area contributed by atoms with Crippen molar-refractivity contribution in [2.45, 2.75) is 6.92 Å². The van der Waals surface area contributed by atoms with Crippen molar-refractivity contribution in [3.8, 4) is 0 Å². The second-order valence-electron chi connectivity index (χ2n) is 3.12. The van der Waals surface area contributed by atoms with Crippen molar-refractivity contribution in [2.24, 2.45) is 0 Å². The maximum Gasteiger partial charge on any atom is 0.338 e. The summed E-state index contributed by atoms with van der Waals surface area (Å²) in [4.78, 5) is 21.9. The molecule has 0 aliphatic carbocycles. The first-order valence-electron chi connectivity index (χ1n) is 4.92. The average Bonchev–Trinajstić information content (AvgIpc) is 2.26. The Labute approximate surface area is 97.3 Å². The standard InChI is InChI=1S/C12H11FO4/c1-2-17-12(16)10-5-4-9(13)7-8(10)3-6-11(14)15/h3-7H,2H2,1H3,(H,14,15)/b6-3+. The number of ether oxygens (including phenoxy) is 1. The first-order chi connectivity index (χ1) is 8.04. The van der Waals surface area contributed by atoms with Crippen LogP contribution in [0.15, 0.2) is 24.3 Å². The predicted molar refractivity (Wildman–Crippen MR) is 59.0 cm³/mol. The minimum atomic E-state index is -1.18. The summed E-state index contributed by atoms with van der Waals surface area (Å²) in [5.74, 6) is -2.34. The van der Waals surface area contributed by atoms with Crippen molar-refractivity contribution >= 4 is 18.0 Å². The molecule has 17 heavy (non-hydrogen) atoms. The van der Waals surface area contributed by atoms with Gasteiger partial charge in [0.15, 0.2) is 0 Å². The monoisotopic (exact) mass is 238 g/mol. The smallest absolute Gasteiger partial charge is 0.338 e. The molecular formula is C12H11FO4. The summed E-state index contributed by atoms with van der Waals surface area (Å²) >= 11 is 0. The van der Waals surface area contributed by atoms with E-state index in [9.17, 15) is 14.0 Å². The number of carboxylic acid groups (broad SMARTS) is 1. The lowest BCUT2D eigenvalue weighted by Gasteiger charge is -2.05. The minimum Gasteiger partial charge on any atom is -0.478 e. The number of benzene rings is 1. The van der Waals surface area contributed by atoms with Crippen LogP contribution in [0.2, 0.25) is 0 Å². The molecule has 0 radical (unpaired) electrons. The molecule has 90 valence electrons. The van der Waals surface area contributed by atoms with Crippen LogP contribution in [0.4, 0.5) is 4.39 Å². The predicted octanol–water partition coefficient (Wildman–Crippen LogP) is 2.10. The van der Waals surface area contributed by atoms with Gasteiger partial charge in [-0.05, 0) is 36.8 Å². The third-order valence-corrected chi connectivity index (χ3v) is 1.91. The molecule has 0 bridgehead atoms. The summed E-state index contributed by atoms with van der Waals surface area (Å²) in [5, 5.41) is 8.48. The van der Waals surface area contributed by atoms with E-state index in [-0.39, 0.29) is 17.7 Å². The molecule has 0 atom stereocenters. The third kappa shape index (κ3) is 3.71. The molecule has 0 aliphatic rings. The van der Waals surface area contributed by atoms with Crippen LogP contribution in [0.1, 0.15) is 22.8 Å². The van der Waals surface area contributed by atoms with Crippen molar-refractivity contribution < 1.29 is 23.8 Å². The zero-order chi connectivity index (χ0) is 12.8. The van der Waals surface area contributed by atoms with E-state index in [1.807, 2.05) is 0 Å². The Morgan fingerprint density at radius 2 is 2.18 bits per heavy atom. The van der Waals surface area contributed by atoms with Gasteiger partial charge in [-0.25, -0.2) is 14.0 Å². The lowest BCUT2D eigenvalue weighted by Crippen LogP contribution is -2.07. The second-order valence-corrected chi connectivity index (χ2v) is 3.12. The van der Waals surface area contributed by atoms with Crippen molar-refractivity contribution in [3.63, 3.8) is 0 Å². The van der Waals surface area contributed by atoms with Gasteiger partial charge in [-0.15, -0.1) is 0 Å². The Bertz CT molecular complexity index is 466. The molecule has 1 aromatic carbocycles. The van der Waals surface area contributed by atoms with Crippen LogP contribution >= 0.6 is 0 Å². The molecule has 0 amide bonds. The average molecular weight is 238 g/mol. The minimum absolute atomic E-state index is 0.130. The lowest BCUT2D eigenvalue weighted by molar-refractivity contribution is -0.131. The van der Waals surface area contributed by atoms with Gasteiger partial charge >= 0.3 is 11.9 Å². The van der Waals surface area contributed by atoms with E-state index in [1.165, 1.54) is 6.07 Å². The van der Waals surface area contributed by atoms with Gasteiger partial charge in [0, 0.05) is 6.08 Å². The van der Waals surface area contributed by atoms with Crippen LogP contribution in [-0.4, -0.2) is 23.7 Å². The van der Waals surface area contributed by atoms with Gasteiger partial charge in [0.1, 0.15) is 5.82 Å². The fourth-order valence-electron chi connectivity index (χ4n) is 1.23. The zero-order valence-corrected chi connectivity index (χ0v) is 9.14. The van der Waals surface area contributed by atoms with Crippen molar-refractivity contribution in [1.29, 1.82) is 0 Å². The number of aliphatic carboxylic acids is 1. The van der Waals surface area contributed by atoms with Crippen LogP contribution in [0.3, 0.4) is 0 Å². The van der Waals surface area contributed by atoms with Gasteiger partial charge in [-0.2, -0.15) is 0 Å². The molecule has 5 heteroatoms. The van der Waals surface area contributed by atoms with Crippen LogP contribution in [0.5, 0.6) is 0 Å². The number of rotatable bonds is 4. The van der Waals surface area contributed by atoms with Gasteiger partial charge in [0.2, 0.25) is 0 Å². The number of carboxylic acids is 1. The largest absolute Gasteiger partial charge is 0.478 e. The summed E-state index contributed by atoms with van der Waals surface area (Å²) in [6.45, 7) is 1.84. The van der Waals surface area contributed by atoms with Gasteiger partial charge in [-0.3, -0.25) is 0 Å². The van der Waals surface area contributed by atoms with Crippen LogP contribution in [0, 0.1) is 5.82 Å². The van der Waals surface area contributed by atoms with E-state index in [0.29, 0.717) is 0 Å². The van der Waals surface area contributed by atoms with Crippen molar-refractivity contribution in [1.82, 2.24) is 0 Å². The molecule has 0 spiro atoms. The van der Waals surface area contributed by atoms with Gasteiger partial charge in [0.25, 0.3) is 0 Å². The quantitative estimate of drug-likeness (QED) is 0.644. The molecular weight excluding hydrogens is 227 g/mol. The summed E-state index contributed by atoms with van der Waals surface area (Å²) in [6, 6.07) is 3.45. The number of halogens is 1. The van der Waals surface area contributed by atoms with E-state index in [1.54, 1.807) is 6.92 Å². The second kappa shape index (κ2) is 5.79. The number of carbonyl (C=O) groups excluding carboxylic acids is 1. The van der Waals surface area contributed by atoms with E-state index in [0.717, 1.165) is 24.3 Å². The van der Waals surface area contributed by atoms with Crippen molar-refractivity contribution in [2.75, 3.05) is 6.61 Å². The number of hydrogen-bond donors (Lipinski definition) is 1. The Balaban J connectivity index is 3.12. The van der Waals surface area contributed by atoms with Crippen LogP contribution in [0.25, 0.3) is 6.08 Å². The summed E-state index contributed by atoms with van der Waals surface area (Å²) in [7, 11) is 0. The van der Waals surface area contributed by atoms with E-state index >= 15 is 0 Å². The lowest BCUT2D eigenvalue weighted by atomic mass is 10.1. The maximum absolute atomic E-state index is 13.0. The molecule has 0 heterocycles. The number of esters is 1. The fourth-order valence-corrected chi connectivity index (χ4v) is 1.23. The molecule has 0 aromatic heterocycles. The highest BCUT2D eigenvalue weighted by molar-refractivity contribution is 5.95. The highest BCUT2D eigenvalue weighted by atomic mass is 19.1. The Morgan fingerprint density at radius 1 is 1.47 bits per heavy atom. The zero-order valence-electron chi connectivity index (χ0n) is 9.14. The van der Waals surface area contributed by atoms with Crippen LogP contribution in [-0.2, 0) is 9.53 Å². The molecule has 1 rings (SSSR count). The van der Waals surface area contributed by atoms with E-state index < -0.39 is 17.8 Å². The van der Waals surface area contributed by atoms with Gasteiger partial charge in [0.05, 0.1) is 12.2 Å². The molecule has 0 saturated heterocycles. The van der Waals surface area contributed by atoms with E-state index in [2.05, 4.69) is 0 Å². The highest BCUT2D eigenvalue weighted by Gasteiger charge is 2.11. The first kappa shape index (κ1) is 12.9. The molecule has 0 fully saturated rings.